The maximum Gasteiger partial charge on any atom is 0.355 e. The molecule has 0 aliphatic heterocycles. The van der Waals surface area contributed by atoms with Gasteiger partial charge in [0.05, 0.1) is 5.02 Å². The summed E-state index contributed by atoms with van der Waals surface area (Å²) in [6.45, 7) is 8.35. The van der Waals surface area contributed by atoms with Crippen LogP contribution in [-0.4, -0.2) is 16.1 Å². The Kier molecular flexibility index (Phi) is 4.03. The quantitative estimate of drug-likeness (QED) is 0.761. The van der Waals surface area contributed by atoms with Crippen molar-refractivity contribution in [1.29, 1.82) is 0 Å². The van der Waals surface area contributed by atoms with E-state index >= 15 is 0 Å². The van der Waals surface area contributed by atoms with E-state index in [-0.39, 0.29) is 5.97 Å². The van der Waals surface area contributed by atoms with E-state index in [0.717, 1.165) is 13.0 Å². The van der Waals surface area contributed by atoms with Gasteiger partial charge in [0.1, 0.15) is 11.3 Å². The molecule has 3 nitrogen and oxygen atoms in total. The van der Waals surface area contributed by atoms with Crippen LogP contribution >= 0.6 is 11.6 Å². The Morgan fingerprint density at radius 2 is 2.12 bits per heavy atom. The number of nitrogens with zero attached hydrogens (tertiary/aromatic N) is 1. The summed E-state index contributed by atoms with van der Waals surface area (Å²) < 4.78 is 7.14. The van der Waals surface area contributed by atoms with Gasteiger partial charge in [0.2, 0.25) is 0 Å². The molecular formula is C12H18ClNO2. The smallest absolute Gasteiger partial charge is 0.355 e. The van der Waals surface area contributed by atoms with Crippen LogP contribution in [-0.2, 0) is 11.3 Å². The lowest BCUT2D eigenvalue weighted by atomic mass is 10.2. The number of carbonyl (C=O) groups excluding carboxylic acids is 1. The molecule has 1 rings (SSSR count). The highest BCUT2D eigenvalue weighted by Crippen LogP contribution is 2.18. The molecule has 0 saturated carbocycles. The summed E-state index contributed by atoms with van der Waals surface area (Å²) in [6, 6.07) is 1.64. The molecule has 0 radical (unpaired) electrons. The molecule has 0 amide bonds. The first-order valence-electron chi connectivity index (χ1n) is 5.42. The molecule has 4 heteroatoms. The monoisotopic (exact) mass is 243 g/mol. The van der Waals surface area contributed by atoms with E-state index in [0.29, 0.717) is 10.7 Å². The number of ether oxygens (including phenoxy) is 1. The van der Waals surface area contributed by atoms with E-state index in [2.05, 4.69) is 0 Å². The molecule has 1 aromatic heterocycles. The third kappa shape index (κ3) is 3.56. The summed E-state index contributed by atoms with van der Waals surface area (Å²) in [7, 11) is 0. The molecule has 1 aromatic rings. The number of hydrogen-bond acceptors (Lipinski definition) is 2. The fourth-order valence-corrected chi connectivity index (χ4v) is 1.62. The van der Waals surface area contributed by atoms with Gasteiger partial charge in [0.25, 0.3) is 0 Å². The summed E-state index contributed by atoms with van der Waals surface area (Å²) in [5.41, 5.74) is 0.0343. The van der Waals surface area contributed by atoms with E-state index in [1.165, 1.54) is 0 Å². The largest absolute Gasteiger partial charge is 0.455 e. The summed E-state index contributed by atoms with van der Waals surface area (Å²) in [5.74, 6) is -0.326. The Morgan fingerprint density at radius 1 is 1.50 bits per heavy atom. The normalized spacial score (nSPS) is 11.6. The zero-order valence-electron chi connectivity index (χ0n) is 10.2. The molecule has 0 unspecified atom stereocenters. The minimum Gasteiger partial charge on any atom is -0.455 e. The molecule has 0 fully saturated rings. The van der Waals surface area contributed by atoms with Crippen LogP contribution in [0.15, 0.2) is 12.3 Å². The Balaban J connectivity index is 2.90. The predicted octanol–water partition coefficient (Wildman–Crippen LogP) is 3.51. The van der Waals surface area contributed by atoms with Crippen LogP contribution in [0.2, 0.25) is 5.02 Å². The Hall–Kier alpha value is -0.960. The number of aryl methyl sites for hydroxylation is 1. The van der Waals surface area contributed by atoms with Gasteiger partial charge in [-0.15, -0.1) is 0 Å². The number of halogens is 1. The van der Waals surface area contributed by atoms with Gasteiger partial charge in [-0.25, -0.2) is 4.79 Å². The van der Waals surface area contributed by atoms with Crippen LogP contribution < -0.4 is 0 Å². The van der Waals surface area contributed by atoms with Crippen molar-refractivity contribution in [3.8, 4) is 0 Å². The topological polar surface area (TPSA) is 31.2 Å². The van der Waals surface area contributed by atoms with Crippen molar-refractivity contribution in [2.45, 2.75) is 46.3 Å². The fourth-order valence-electron chi connectivity index (χ4n) is 1.40. The number of rotatable bonds is 3. The predicted molar refractivity (Wildman–Crippen MR) is 64.9 cm³/mol. The second-order valence-corrected chi connectivity index (χ2v) is 5.18. The minimum atomic E-state index is -0.481. The fraction of sp³-hybridized carbons (Fsp3) is 0.583. The van der Waals surface area contributed by atoms with Crippen LogP contribution in [0.25, 0.3) is 0 Å². The lowest BCUT2D eigenvalue weighted by molar-refractivity contribution is 0.00576. The highest BCUT2D eigenvalue weighted by Gasteiger charge is 2.21. The molecule has 0 aliphatic carbocycles. The molecular weight excluding hydrogens is 226 g/mol. The van der Waals surface area contributed by atoms with Gasteiger partial charge in [0, 0.05) is 12.7 Å². The Labute approximate surface area is 101 Å². The molecule has 0 aromatic carbocycles. The summed E-state index contributed by atoms with van der Waals surface area (Å²) in [4.78, 5) is 11.9. The molecule has 0 N–H and O–H groups in total. The van der Waals surface area contributed by atoms with Crippen molar-refractivity contribution in [1.82, 2.24) is 4.57 Å². The average Bonchev–Trinajstić information content (AvgIpc) is 2.44. The third-order valence-electron chi connectivity index (χ3n) is 1.94. The third-order valence-corrected chi connectivity index (χ3v) is 2.14. The number of hydrogen-bond donors (Lipinski definition) is 0. The summed E-state index contributed by atoms with van der Waals surface area (Å²) >= 11 is 5.89. The summed E-state index contributed by atoms with van der Waals surface area (Å²) in [6.07, 6.45) is 2.70. The van der Waals surface area contributed by atoms with Crippen molar-refractivity contribution in [2.24, 2.45) is 0 Å². The van der Waals surface area contributed by atoms with Crippen molar-refractivity contribution in [2.75, 3.05) is 0 Å². The second-order valence-electron chi connectivity index (χ2n) is 4.74. The van der Waals surface area contributed by atoms with E-state index in [1.807, 2.05) is 32.3 Å². The van der Waals surface area contributed by atoms with Gasteiger partial charge in [-0.2, -0.15) is 0 Å². The van der Waals surface area contributed by atoms with E-state index in [1.54, 1.807) is 12.3 Å². The Morgan fingerprint density at radius 3 is 2.62 bits per heavy atom. The average molecular weight is 244 g/mol. The molecule has 0 atom stereocenters. The molecule has 16 heavy (non-hydrogen) atoms. The van der Waals surface area contributed by atoms with Crippen LogP contribution in [0.3, 0.4) is 0 Å². The molecule has 0 bridgehead atoms. The second kappa shape index (κ2) is 4.91. The highest BCUT2D eigenvalue weighted by atomic mass is 35.5. The van der Waals surface area contributed by atoms with E-state index in [4.69, 9.17) is 16.3 Å². The maximum absolute atomic E-state index is 11.9. The van der Waals surface area contributed by atoms with Crippen molar-refractivity contribution in [3.63, 3.8) is 0 Å². The van der Waals surface area contributed by atoms with Crippen LogP contribution in [0.5, 0.6) is 0 Å². The van der Waals surface area contributed by atoms with Crippen LogP contribution in [0.1, 0.15) is 44.6 Å². The standard InChI is InChI=1S/C12H18ClNO2/c1-5-6-14-8-9(13)7-10(14)11(15)16-12(2,3)4/h7-8H,5-6H2,1-4H3. The number of esters is 1. The summed E-state index contributed by atoms with van der Waals surface area (Å²) in [5, 5.41) is 0.564. The first-order valence-corrected chi connectivity index (χ1v) is 5.80. The molecule has 90 valence electrons. The lowest BCUT2D eigenvalue weighted by Crippen LogP contribution is -2.25. The zero-order valence-corrected chi connectivity index (χ0v) is 11.0. The number of aromatic nitrogens is 1. The van der Waals surface area contributed by atoms with Gasteiger partial charge in [-0.05, 0) is 33.3 Å². The van der Waals surface area contributed by atoms with Crippen molar-refractivity contribution in [3.05, 3.63) is 23.0 Å². The highest BCUT2D eigenvalue weighted by molar-refractivity contribution is 6.30. The van der Waals surface area contributed by atoms with Gasteiger partial charge in [-0.3, -0.25) is 0 Å². The maximum atomic E-state index is 11.9. The minimum absolute atomic E-state index is 0.326. The first kappa shape index (κ1) is 13.1. The van der Waals surface area contributed by atoms with Gasteiger partial charge in [0.15, 0.2) is 0 Å². The van der Waals surface area contributed by atoms with Crippen LogP contribution in [0.4, 0.5) is 0 Å². The molecule has 0 aliphatic rings. The zero-order chi connectivity index (χ0) is 12.3. The molecule has 0 spiro atoms. The van der Waals surface area contributed by atoms with Gasteiger partial charge in [-0.1, -0.05) is 18.5 Å². The van der Waals surface area contributed by atoms with E-state index < -0.39 is 5.60 Å². The van der Waals surface area contributed by atoms with Gasteiger partial charge >= 0.3 is 5.97 Å². The first-order chi connectivity index (χ1) is 7.33. The Bertz CT molecular complexity index is 377. The molecule has 0 saturated heterocycles. The SMILES string of the molecule is CCCn1cc(Cl)cc1C(=O)OC(C)(C)C. The number of carbonyl (C=O) groups is 1. The lowest BCUT2D eigenvalue weighted by Gasteiger charge is -2.19. The van der Waals surface area contributed by atoms with Crippen LogP contribution in [0, 0.1) is 0 Å². The van der Waals surface area contributed by atoms with Crippen molar-refractivity contribution < 1.29 is 9.53 Å². The van der Waals surface area contributed by atoms with Crippen molar-refractivity contribution >= 4 is 17.6 Å². The molecule has 1 heterocycles. The van der Waals surface area contributed by atoms with Gasteiger partial charge < -0.3 is 9.30 Å². The van der Waals surface area contributed by atoms with E-state index in [9.17, 15) is 4.79 Å².